The number of ketones is 1. The van der Waals surface area contributed by atoms with Crippen LogP contribution in [0.1, 0.15) is 23.0 Å². The normalized spacial score (nSPS) is 21.0. The van der Waals surface area contributed by atoms with Crippen molar-refractivity contribution in [2.45, 2.75) is 18.5 Å². The van der Waals surface area contributed by atoms with Crippen LogP contribution in [0.5, 0.6) is 0 Å². The number of allylic oxidation sites excluding steroid dienone is 1. The molecule has 0 aliphatic heterocycles. The van der Waals surface area contributed by atoms with E-state index in [9.17, 15) is 4.79 Å². The fourth-order valence-corrected chi connectivity index (χ4v) is 2.45. The molecule has 1 atom stereocenters. The van der Waals surface area contributed by atoms with Gasteiger partial charge in [-0.05, 0) is 18.6 Å². The zero-order valence-corrected chi connectivity index (χ0v) is 11.9. The molecule has 4 nitrogen and oxygen atoms in total. The Kier molecular flexibility index (Phi) is 3.71. The second kappa shape index (κ2) is 5.10. The van der Waals surface area contributed by atoms with Crippen LogP contribution in [0.25, 0.3) is 0 Å². The molecule has 96 valence electrons. The predicted molar refractivity (Wildman–Crippen MR) is 72.8 cm³/mol. The second-order valence-corrected chi connectivity index (χ2v) is 5.47. The van der Waals surface area contributed by atoms with Gasteiger partial charge < -0.3 is 4.90 Å². The minimum atomic E-state index is 0.0603. The van der Waals surface area contributed by atoms with Gasteiger partial charge in [0.1, 0.15) is 0 Å². The van der Waals surface area contributed by atoms with E-state index in [1.165, 1.54) is 11.8 Å². The maximum Gasteiger partial charge on any atom is 0.194 e. The van der Waals surface area contributed by atoms with Crippen LogP contribution in [-0.4, -0.2) is 41.0 Å². The Bertz CT molecular complexity index is 511. The number of hydrogen-bond donors (Lipinski definition) is 0. The SMILES string of the molecule is CSc1ncc2c(n1)CC(C)C(=CN(C)C)C2=O. The average Bonchev–Trinajstić information content (AvgIpc) is 2.33. The van der Waals surface area contributed by atoms with Gasteiger partial charge in [-0.3, -0.25) is 4.79 Å². The lowest BCUT2D eigenvalue weighted by atomic mass is 9.83. The van der Waals surface area contributed by atoms with E-state index in [0.29, 0.717) is 5.56 Å². The van der Waals surface area contributed by atoms with Crippen molar-refractivity contribution in [2.24, 2.45) is 5.92 Å². The van der Waals surface area contributed by atoms with Crippen molar-refractivity contribution >= 4 is 17.5 Å². The van der Waals surface area contributed by atoms with Crippen molar-refractivity contribution in [3.05, 3.63) is 29.2 Å². The van der Waals surface area contributed by atoms with Crippen LogP contribution in [0.3, 0.4) is 0 Å². The summed E-state index contributed by atoms with van der Waals surface area (Å²) in [5.74, 6) is 0.266. The first-order valence-electron chi connectivity index (χ1n) is 5.85. The molecule has 18 heavy (non-hydrogen) atoms. The highest BCUT2D eigenvalue weighted by atomic mass is 32.2. The summed E-state index contributed by atoms with van der Waals surface area (Å²) in [6, 6.07) is 0. The largest absolute Gasteiger partial charge is 0.383 e. The van der Waals surface area contributed by atoms with Crippen LogP contribution in [0.4, 0.5) is 0 Å². The molecule has 0 saturated carbocycles. The van der Waals surface area contributed by atoms with Crippen LogP contribution < -0.4 is 0 Å². The van der Waals surface area contributed by atoms with Gasteiger partial charge in [0.2, 0.25) is 0 Å². The Morgan fingerprint density at radius 3 is 2.83 bits per heavy atom. The molecule has 0 N–H and O–H groups in total. The van der Waals surface area contributed by atoms with Crippen LogP contribution in [0.15, 0.2) is 23.1 Å². The molecule has 0 bridgehead atoms. The van der Waals surface area contributed by atoms with Crippen molar-refractivity contribution in [2.75, 3.05) is 20.4 Å². The number of hydrogen-bond acceptors (Lipinski definition) is 5. The number of Topliss-reactive ketones (excluding diaryl/α,β-unsaturated/α-hetero) is 1. The molecular formula is C13H17N3OS. The standard InChI is InChI=1S/C13H17N3OS/c1-8-5-11-9(6-14-13(15-11)18-4)12(17)10(8)7-16(2)3/h6-8H,5H2,1-4H3. The quantitative estimate of drug-likeness (QED) is 0.464. The number of carbonyl (C=O) groups is 1. The highest BCUT2D eigenvalue weighted by Gasteiger charge is 2.29. The topological polar surface area (TPSA) is 46.1 Å². The van der Waals surface area contributed by atoms with Gasteiger partial charge in [-0.2, -0.15) is 0 Å². The van der Waals surface area contributed by atoms with Crippen molar-refractivity contribution in [3.8, 4) is 0 Å². The first-order chi connectivity index (χ1) is 8.52. The van der Waals surface area contributed by atoms with Crippen LogP contribution in [0.2, 0.25) is 0 Å². The van der Waals surface area contributed by atoms with E-state index in [-0.39, 0.29) is 11.7 Å². The lowest BCUT2D eigenvalue weighted by Gasteiger charge is -2.23. The molecule has 2 rings (SSSR count). The first-order valence-corrected chi connectivity index (χ1v) is 7.08. The molecule has 1 aliphatic rings. The van der Waals surface area contributed by atoms with E-state index in [1.807, 2.05) is 31.5 Å². The molecule has 0 radical (unpaired) electrons. The summed E-state index contributed by atoms with van der Waals surface area (Å²) >= 11 is 1.50. The zero-order chi connectivity index (χ0) is 13.3. The number of nitrogens with zero attached hydrogens (tertiary/aromatic N) is 3. The van der Waals surface area contributed by atoms with E-state index in [0.717, 1.165) is 22.8 Å². The second-order valence-electron chi connectivity index (χ2n) is 4.70. The number of thioether (sulfide) groups is 1. The summed E-state index contributed by atoms with van der Waals surface area (Å²) in [7, 11) is 3.85. The van der Waals surface area contributed by atoms with Crippen LogP contribution in [-0.2, 0) is 6.42 Å². The number of fused-ring (bicyclic) bond motifs is 1. The van der Waals surface area contributed by atoms with Gasteiger partial charge in [-0.15, -0.1) is 0 Å². The van der Waals surface area contributed by atoms with E-state index in [1.54, 1.807) is 6.20 Å². The molecule has 0 fully saturated rings. The molecule has 0 amide bonds. The highest BCUT2D eigenvalue weighted by Crippen LogP contribution is 2.29. The Balaban J connectivity index is 2.45. The molecule has 1 heterocycles. The Morgan fingerprint density at radius 2 is 2.22 bits per heavy atom. The van der Waals surface area contributed by atoms with E-state index >= 15 is 0 Å². The predicted octanol–water partition coefficient (Wildman–Crippen LogP) is 2.02. The molecule has 1 aliphatic carbocycles. The number of rotatable bonds is 2. The van der Waals surface area contributed by atoms with Crippen LogP contribution in [0, 0.1) is 5.92 Å². The lowest BCUT2D eigenvalue weighted by Crippen LogP contribution is -2.25. The Labute approximate surface area is 112 Å². The van der Waals surface area contributed by atoms with Gasteiger partial charge in [0.05, 0.1) is 11.3 Å². The fraction of sp³-hybridized carbons (Fsp3) is 0.462. The van der Waals surface area contributed by atoms with Gasteiger partial charge in [0, 0.05) is 32.1 Å². The van der Waals surface area contributed by atoms with Gasteiger partial charge in [-0.1, -0.05) is 18.7 Å². The fourth-order valence-electron chi connectivity index (χ4n) is 2.09. The minimum Gasteiger partial charge on any atom is -0.383 e. The van der Waals surface area contributed by atoms with Crippen molar-refractivity contribution in [3.63, 3.8) is 0 Å². The van der Waals surface area contributed by atoms with Crippen molar-refractivity contribution < 1.29 is 4.79 Å². The lowest BCUT2D eigenvalue weighted by molar-refractivity contribution is 0.101. The van der Waals surface area contributed by atoms with Gasteiger partial charge in [0.25, 0.3) is 0 Å². The summed E-state index contributed by atoms with van der Waals surface area (Å²) in [6.45, 7) is 2.07. The molecule has 0 aromatic carbocycles. The molecule has 1 aromatic rings. The average molecular weight is 263 g/mol. The maximum atomic E-state index is 12.4. The zero-order valence-electron chi connectivity index (χ0n) is 11.1. The van der Waals surface area contributed by atoms with Gasteiger partial charge in [-0.25, -0.2) is 9.97 Å². The smallest absolute Gasteiger partial charge is 0.194 e. The summed E-state index contributed by atoms with van der Waals surface area (Å²) in [5.41, 5.74) is 2.37. The van der Waals surface area contributed by atoms with Gasteiger partial charge >= 0.3 is 0 Å². The summed E-state index contributed by atoms with van der Waals surface area (Å²) in [6.07, 6.45) is 6.30. The number of carbonyl (C=O) groups excluding carboxylic acids is 1. The minimum absolute atomic E-state index is 0.0603. The van der Waals surface area contributed by atoms with E-state index in [4.69, 9.17) is 0 Å². The molecule has 1 aromatic heterocycles. The summed E-state index contributed by atoms with van der Waals surface area (Å²) < 4.78 is 0. The third-order valence-electron chi connectivity index (χ3n) is 2.96. The van der Waals surface area contributed by atoms with E-state index < -0.39 is 0 Å². The molecule has 5 heteroatoms. The highest BCUT2D eigenvalue weighted by molar-refractivity contribution is 7.98. The Hall–Kier alpha value is -1.36. The molecular weight excluding hydrogens is 246 g/mol. The van der Waals surface area contributed by atoms with Crippen molar-refractivity contribution in [1.29, 1.82) is 0 Å². The molecule has 0 saturated heterocycles. The first kappa shape index (κ1) is 13.1. The van der Waals surface area contributed by atoms with E-state index in [2.05, 4.69) is 16.9 Å². The molecule has 0 spiro atoms. The summed E-state index contributed by atoms with van der Waals surface area (Å²) in [4.78, 5) is 22.9. The third kappa shape index (κ3) is 2.41. The maximum absolute atomic E-state index is 12.4. The Morgan fingerprint density at radius 1 is 1.50 bits per heavy atom. The number of aromatic nitrogens is 2. The van der Waals surface area contributed by atoms with Gasteiger partial charge in [0.15, 0.2) is 10.9 Å². The summed E-state index contributed by atoms with van der Waals surface area (Å²) in [5, 5.41) is 0.730. The van der Waals surface area contributed by atoms with Crippen LogP contribution >= 0.6 is 11.8 Å². The third-order valence-corrected chi connectivity index (χ3v) is 3.52. The molecule has 1 unspecified atom stereocenters. The monoisotopic (exact) mass is 263 g/mol. The van der Waals surface area contributed by atoms with Crippen molar-refractivity contribution in [1.82, 2.24) is 14.9 Å².